The highest BCUT2D eigenvalue weighted by atomic mass is 16.3. The van der Waals surface area contributed by atoms with E-state index in [1.165, 1.54) is 0 Å². The summed E-state index contributed by atoms with van der Waals surface area (Å²) >= 11 is 0. The van der Waals surface area contributed by atoms with Gasteiger partial charge in [-0.1, -0.05) is 13.8 Å². The van der Waals surface area contributed by atoms with Crippen LogP contribution < -0.4 is 0 Å². The Balaban J connectivity index is 1.65. The van der Waals surface area contributed by atoms with Crippen LogP contribution in [0.15, 0.2) is 45.4 Å². The fourth-order valence-electron chi connectivity index (χ4n) is 3.28. The van der Waals surface area contributed by atoms with Gasteiger partial charge < -0.3 is 13.7 Å². The molecule has 0 aliphatic carbocycles. The van der Waals surface area contributed by atoms with Crippen LogP contribution in [0.25, 0.3) is 11.1 Å². The van der Waals surface area contributed by atoms with Gasteiger partial charge in [0.15, 0.2) is 11.5 Å². The first-order chi connectivity index (χ1) is 11.6. The van der Waals surface area contributed by atoms with E-state index in [1.54, 1.807) is 6.26 Å². The number of likely N-dealkylation sites (tertiary alicyclic amines) is 1. The van der Waals surface area contributed by atoms with Crippen LogP contribution in [0, 0.1) is 0 Å². The average molecular weight is 324 g/mol. The lowest BCUT2D eigenvalue weighted by Crippen LogP contribution is -2.30. The second kappa shape index (κ2) is 5.82. The Morgan fingerprint density at radius 2 is 2.21 bits per heavy atom. The van der Waals surface area contributed by atoms with Gasteiger partial charge in [-0.05, 0) is 43.2 Å². The molecule has 124 valence electrons. The minimum atomic E-state index is 0.0184. The maximum atomic E-state index is 13.0. The molecular weight excluding hydrogens is 304 g/mol. The molecule has 1 aliphatic rings. The number of carbonyl (C=O) groups excluding carboxylic acids is 1. The van der Waals surface area contributed by atoms with Gasteiger partial charge in [0, 0.05) is 18.0 Å². The molecule has 0 N–H and O–H groups in total. The van der Waals surface area contributed by atoms with Gasteiger partial charge >= 0.3 is 0 Å². The first kappa shape index (κ1) is 15.0. The lowest BCUT2D eigenvalue weighted by molar-refractivity contribution is 0.0720. The van der Waals surface area contributed by atoms with E-state index >= 15 is 0 Å². The molecule has 0 saturated carbocycles. The van der Waals surface area contributed by atoms with Crippen LogP contribution in [0.2, 0.25) is 0 Å². The summed E-state index contributed by atoms with van der Waals surface area (Å²) in [5.74, 6) is 1.79. The zero-order chi connectivity index (χ0) is 16.7. The Morgan fingerprint density at radius 1 is 1.33 bits per heavy atom. The predicted molar refractivity (Wildman–Crippen MR) is 89.8 cm³/mol. The van der Waals surface area contributed by atoms with E-state index in [-0.39, 0.29) is 17.9 Å². The molecule has 0 radical (unpaired) electrons. The van der Waals surface area contributed by atoms with Gasteiger partial charge in [-0.15, -0.1) is 0 Å². The Morgan fingerprint density at radius 3 is 2.96 bits per heavy atom. The normalized spacial score (nSPS) is 18.0. The van der Waals surface area contributed by atoms with Crippen molar-refractivity contribution in [2.24, 2.45) is 0 Å². The molecule has 1 atom stereocenters. The van der Waals surface area contributed by atoms with Crippen molar-refractivity contribution in [2.75, 3.05) is 6.54 Å². The van der Waals surface area contributed by atoms with E-state index in [2.05, 4.69) is 4.98 Å². The fourth-order valence-corrected chi connectivity index (χ4v) is 3.28. The summed E-state index contributed by atoms with van der Waals surface area (Å²) in [7, 11) is 0. The highest BCUT2D eigenvalue weighted by Crippen LogP contribution is 2.33. The number of fused-ring (bicyclic) bond motifs is 1. The topological polar surface area (TPSA) is 59.5 Å². The van der Waals surface area contributed by atoms with E-state index in [4.69, 9.17) is 8.83 Å². The number of benzene rings is 1. The monoisotopic (exact) mass is 324 g/mol. The first-order valence-electron chi connectivity index (χ1n) is 8.38. The summed E-state index contributed by atoms with van der Waals surface area (Å²) in [4.78, 5) is 19.3. The molecule has 2 aromatic heterocycles. The summed E-state index contributed by atoms with van der Waals surface area (Å²) in [5, 5.41) is 0. The average Bonchev–Trinajstić information content (AvgIpc) is 3.31. The summed E-state index contributed by atoms with van der Waals surface area (Å²) in [5.41, 5.74) is 2.10. The van der Waals surface area contributed by atoms with Crippen molar-refractivity contribution in [3.63, 3.8) is 0 Å². The van der Waals surface area contributed by atoms with Crippen LogP contribution in [0.4, 0.5) is 0 Å². The van der Waals surface area contributed by atoms with E-state index in [0.29, 0.717) is 11.5 Å². The maximum Gasteiger partial charge on any atom is 0.254 e. The number of furan rings is 1. The van der Waals surface area contributed by atoms with E-state index in [1.807, 2.05) is 49.1 Å². The van der Waals surface area contributed by atoms with E-state index < -0.39 is 0 Å². The van der Waals surface area contributed by atoms with Crippen molar-refractivity contribution in [2.45, 2.75) is 38.6 Å². The number of hydrogen-bond donors (Lipinski definition) is 0. The third-order valence-corrected chi connectivity index (χ3v) is 4.53. The third kappa shape index (κ3) is 2.50. The molecule has 3 aromatic rings. The van der Waals surface area contributed by atoms with Crippen LogP contribution in [-0.2, 0) is 0 Å². The van der Waals surface area contributed by atoms with Gasteiger partial charge in [-0.2, -0.15) is 0 Å². The molecule has 1 aromatic carbocycles. The minimum Gasteiger partial charge on any atom is -0.467 e. The number of oxazole rings is 1. The summed E-state index contributed by atoms with van der Waals surface area (Å²) in [6.45, 7) is 4.82. The smallest absolute Gasteiger partial charge is 0.254 e. The minimum absolute atomic E-state index is 0.0184. The Hall–Kier alpha value is -2.56. The number of aromatic nitrogens is 1. The molecule has 0 spiro atoms. The first-order valence-corrected chi connectivity index (χ1v) is 8.38. The quantitative estimate of drug-likeness (QED) is 0.710. The number of carbonyl (C=O) groups is 1. The van der Waals surface area contributed by atoms with Crippen molar-refractivity contribution >= 4 is 17.0 Å². The lowest BCUT2D eigenvalue weighted by atomic mass is 10.1. The molecule has 3 heterocycles. The number of amides is 1. The SMILES string of the molecule is CC(C)c1nc2cc(C(=O)N3CCCC3c3ccco3)ccc2o1. The molecular formula is C19H20N2O3. The predicted octanol–water partition coefficient (Wildman–Crippen LogP) is 4.52. The van der Waals surface area contributed by atoms with E-state index in [0.717, 1.165) is 36.2 Å². The largest absolute Gasteiger partial charge is 0.467 e. The van der Waals surface area contributed by atoms with Gasteiger partial charge in [0.25, 0.3) is 5.91 Å². The Bertz CT molecular complexity index is 864. The third-order valence-electron chi connectivity index (χ3n) is 4.53. The fraction of sp³-hybridized carbons (Fsp3) is 0.368. The van der Waals surface area contributed by atoms with Crippen LogP contribution in [0.3, 0.4) is 0 Å². The Labute approximate surface area is 140 Å². The molecule has 1 amide bonds. The second-order valence-corrected chi connectivity index (χ2v) is 6.56. The maximum absolute atomic E-state index is 13.0. The van der Waals surface area contributed by atoms with Crippen LogP contribution in [0.5, 0.6) is 0 Å². The molecule has 24 heavy (non-hydrogen) atoms. The van der Waals surface area contributed by atoms with Crippen LogP contribution in [0.1, 0.15) is 60.7 Å². The van der Waals surface area contributed by atoms with Crippen molar-refractivity contribution in [3.8, 4) is 0 Å². The van der Waals surface area contributed by atoms with Crippen LogP contribution >= 0.6 is 0 Å². The van der Waals surface area contributed by atoms with Crippen LogP contribution in [-0.4, -0.2) is 22.3 Å². The standard InChI is InChI=1S/C19H20N2O3/c1-12(2)18-20-14-11-13(7-8-16(14)24-18)19(22)21-9-3-5-15(21)17-6-4-10-23-17/h4,6-8,10-12,15H,3,5,9H2,1-2H3. The van der Waals surface area contributed by atoms with Crippen molar-refractivity contribution in [1.29, 1.82) is 0 Å². The number of nitrogens with zero attached hydrogens (tertiary/aromatic N) is 2. The van der Waals surface area contributed by atoms with Crippen molar-refractivity contribution < 1.29 is 13.6 Å². The number of rotatable bonds is 3. The molecule has 4 rings (SSSR count). The molecule has 5 nitrogen and oxygen atoms in total. The second-order valence-electron chi connectivity index (χ2n) is 6.56. The zero-order valence-corrected chi connectivity index (χ0v) is 13.9. The van der Waals surface area contributed by atoms with Gasteiger partial charge in [-0.25, -0.2) is 4.98 Å². The summed E-state index contributed by atoms with van der Waals surface area (Å²) in [6.07, 6.45) is 3.58. The van der Waals surface area contributed by atoms with Gasteiger partial charge in [0.05, 0.1) is 12.3 Å². The molecule has 0 bridgehead atoms. The molecule has 5 heteroatoms. The van der Waals surface area contributed by atoms with Crippen molar-refractivity contribution in [1.82, 2.24) is 9.88 Å². The van der Waals surface area contributed by atoms with Gasteiger partial charge in [-0.3, -0.25) is 4.79 Å². The highest BCUT2D eigenvalue weighted by Gasteiger charge is 2.32. The highest BCUT2D eigenvalue weighted by molar-refractivity contribution is 5.97. The zero-order valence-electron chi connectivity index (χ0n) is 13.9. The lowest BCUT2D eigenvalue weighted by Gasteiger charge is -2.23. The summed E-state index contributed by atoms with van der Waals surface area (Å²) < 4.78 is 11.2. The van der Waals surface area contributed by atoms with Gasteiger partial charge in [0.1, 0.15) is 11.3 Å². The molecule has 1 aliphatic heterocycles. The Kier molecular flexibility index (Phi) is 3.63. The molecule has 1 fully saturated rings. The van der Waals surface area contributed by atoms with Crippen molar-refractivity contribution in [3.05, 3.63) is 53.8 Å². The number of hydrogen-bond acceptors (Lipinski definition) is 4. The molecule has 1 unspecified atom stereocenters. The summed E-state index contributed by atoms with van der Waals surface area (Å²) in [6, 6.07) is 9.30. The molecule has 1 saturated heterocycles. The van der Waals surface area contributed by atoms with Gasteiger partial charge in [0.2, 0.25) is 0 Å². The van der Waals surface area contributed by atoms with E-state index in [9.17, 15) is 4.79 Å².